The maximum Gasteiger partial charge on any atom is 0.219 e. The van der Waals surface area contributed by atoms with Crippen LogP contribution < -0.4 is 5.73 Å². The van der Waals surface area contributed by atoms with Crippen LogP contribution in [-0.4, -0.2) is 12.7 Å². The maximum absolute atomic E-state index is 5.03. The molecule has 0 spiro atoms. The van der Waals surface area contributed by atoms with Gasteiger partial charge in [-0.1, -0.05) is 6.58 Å². The second kappa shape index (κ2) is 3.08. The molecular weight excluding hydrogens is 90.1 g/mol. The number of hydrogen-bond acceptors (Lipinski definition) is 1. The molecule has 7 heavy (non-hydrogen) atoms. The third-order valence-corrected chi connectivity index (χ3v) is 0.386. The zero-order chi connectivity index (χ0) is 5.70. The van der Waals surface area contributed by atoms with Gasteiger partial charge in [0.1, 0.15) is 0 Å². The second-order valence-electron chi connectivity index (χ2n) is 0.828. The molecule has 0 rings (SSSR count). The Bertz CT molecular complexity index is 104. The van der Waals surface area contributed by atoms with Gasteiger partial charge in [0.15, 0.2) is 0 Å². The van der Waals surface area contributed by atoms with E-state index in [-0.39, 0.29) is 5.96 Å². The second-order valence-corrected chi connectivity index (χ2v) is 0.828. The summed E-state index contributed by atoms with van der Waals surface area (Å²) in [7, 11) is 0. The van der Waals surface area contributed by atoms with E-state index >= 15 is 0 Å². The Morgan fingerprint density at radius 2 is 2.29 bits per heavy atom. The highest BCUT2D eigenvalue weighted by Gasteiger charge is 1.72. The van der Waals surface area contributed by atoms with Gasteiger partial charge >= 0.3 is 0 Å². The molecule has 0 fully saturated rings. The first-order valence-corrected chi connectivity index (χ1v) is 1.72. The molecule has 0 atom stereocenters. The number of guanidine groups is 1. The van der Waals surface area contributed by atoms with Crippen molar-refractivity contribution in [2.75, 3.05) is 0 Å². The van der Waals surface area contributed by atoms with E-state index in [0.717, 1.165) is 0 Å². The number of aliphatic imine (C=N–C) groups is 2. The lowest BCUT2D eigenvalue weighted by Crippen LogP contribution is -2.05. The van der Waals surface area contributed by atoms with Gasteiger partial charge in [-0.3, -0.25) is 0 Å². The molecule has 0 aromatic rings. The van der Waals surface area contributed by atoms with E-state index in [1.54, 1.807) is 0 Å². The molecule has 0 saturated heterocycles. The third kappa shape index (κ3) is 2.69. The van der Waals surface area contributed by atoms with Crippen LogP contribution in [0.4, 0.5) is 0 Å². The van der Waals surface area contributed by atoms with Crippen LogP contribution in [0.1, 0.15) is 0 Å². The summed E-state index contributed by atoms with van der Waals surface area (Å²) in [5.41, 5.74) is 5.03. The van der Waals surface area contributed by atoms with Gasteiger partial charge < -0.3 is 5.73 Å². The van der Waals surface area contributed by atoms with Gasteiger partial charge in [-0.2, -0.15) is 0 Å². The van der Waals surface area contributed by atoms with E-state index in [9.17, 15) is 0 Å². The van der Waals surface area contributed by atoms with E-state index < -0.39 is 0 Å². The molecule has 0 unspecified atom stereocenters. The minimum atomic E-state index is 0.148. The predicted octanol–water partition coefficient (Wildman–Crippen LogP) is 0.145. The summed E-state index contributed by atoms with van der Waals surface area (Å²) in [6.45, 7) is 6.42. The van der Waals surface area contributed by atoms with Crippen molar-refractivity contribution in [3.63, 3.8) is 0 Å². The summed E-state index contributed by atoms with van der Waals surface area (Å²) in [6, 6.07) is 0. The normalized spacial score (nSPS) is 10.6. The summed E-state index contributed by atoms with van der Waals surface area (Å²) in [6.07, 6.45) is 1.31. The first-order chi connectivity index (χ1) is 3.31. The van der Waals surface area contributed by atoms with Gasteiger partial charge in [-0.25, -0.2) is 9.98 Å². The number of hydrogen-bond donors (Lipinski definition) is 1. The Hall–Kier alpha value is -1.12. The van der Waals surface area contributed by atoms with Gasteiger partial charge in [-0.05, 0) is 6.72 Å². The van der Waals surface area contributed by atoms with Crippen LogP contribution in [0.2, 0.25) is 0 Å². The predicted molar refractivity (Wildman–Crippen MR) is 31.4 cm³/mol. The van der Waals surface area contributed by atoms with Crippen molar-refractivity contribution in [2.45, 2.75) is 0 Å². The smallest absolute Gasteiger partial charge is 0.219 e. The summed E-state index contributed by atoms with van der Waals surface area (Å²) in [5.74, 6) is 0.148. The molecule has 0 bridgehead atoms. The van der Waals surface area contributed by atoms with Crippen molar-refractivity contribution in [3.8, 4) is 0 Å². The Morgan fingerprint density at radius 3 is 2.43 bits per heavy atom. The highest BCUT2D eigenvalue weighted by molar-refractivity contribution is 5.82. The van der Waals surface area contributed by atoms with Gasteiger partial charge in [0.25, 0.3) is 0 Å². The van der Waals surface area contributed by atoms with Crippen LogP contribution in [-0.2, 0) is 0 Å². The molecule has 0 aliphatic heterocycles. The fourth-order valence-corrected chi connectivity index (χ4v) is 0.134. The molecule has 0 radical (unpaired) electrons. The fourth-order valence-electron chi connectivity index (χ4n) is 0.134. The highest BCUT2D eigenvalue weighted by Crippen LogP contribution is 1.68. The van der Waals surface area contributed by atoms with Crippen LogP contribution >= 0.6 is 0 Å². The molecule has 2 N–H and O–H groups in total. The molecule has 38 valence electrons. The molecule has 0 heterocycles. The Labute approximate surface area is 42.3 Å². The van der Waals surface area contributed by atoms with Gasteiger partial charge in [0.2, 0.25) is 5.96 Å². The summed E-state index contributed by atoms with van der Waals surface area (Å²) in [5, 5.41) is 0. The molecule has 0 aromatic carbocycles. The Balaban J connectivity index is 3.72. The quantitative estimate of drug-likeness (QED) is 0.367. The molecular formula is C4H7N3. The monoisotopic (exact) mass is 97.1 g/mol. The Kier molecular flexibility index (Phi) is 2.59. The summed E-state index contributed by atoms with van der Waals surface area (Å²) < 4.78 is 0. The first kappa shape index (κ1) is 5.88. The molecule has 0 aromatic heterocycles. The van der Waals surface area contributed by atoms with E-state index in [4.69, 9.17) is 5.73 Å². The van der Waals surface area contributed by atoms with Crippen molar-refractivity contribution >= 4 is 12.7 Å². The van der Waals surface area contributed by atoms with E-state index in [0.29, 0.717) is 0 Å². The highest BCUT2D eigenvalue weighted by atomic mass is 15.0. The van der Waals surface area contributed by atoms with Crippen molar-refractivity contribution in [2.24, 2.45) is 15.7 Å². The van der Waals surface area contributed by atoms with E-state index in [2.05, 4.69) is 23.3 Å². The van der Waals surface area contributed by atoms with Gasteiger partial charge in [-0.15, -0.1) is 0 Å². The fraction of sp³-hybridized carbons (Fsp3) is 0. The minimum Gasteiger partial charge on any atom is -0.368 e. The van der Waals surface area contributed by atoms with E-state index in [1.165, 1.54) is 6.20 Å². The van der Waals surface area contributed by atoms with Crippen molar-refractivity contribution in [1.82, 2.24) is 0 Å². The van der Waals surface area contributed by atoms with Gasteiger partial charge in [0, 0.05) is 6.20 Å². The summed E-state index contributed by atoms with van der Waals surface area (Å²) >= 11 is 0. The minimum absolute atomic E-state index is 0.148. The van der Waals surface area contributed by atoms with Crippen LogP contribution in [0.3, 0.4) is 0 Å². The maximum atomic E-state index is 5.03. The lowest BCUT2D eigenvalue weighted by molar-refractivity contribution is 1.45. The SMILES string of the molecule is C=C/N=C(/N)N=C. The molecule has 0 aliphatic rings. The topological polar surface area (TPSA) is 50.7 Å². The zero-order valence-electron chi connectivity index (χ0n) is 3.96. The zero-order valence-corrected chi connectivity index (χ0v) is 3.96. The number of rotatable bonds is 1. The first-order valence-electron chi connectivity index (χ1n) is 1.72. The third-order valence-electron chi connectivity index (χ3n) is 0.386. The van der Waals surface area contributed by atoms with Crippen LogP contribution in [0, 0.1) is 0 Å². The van der Waals surface area contributed by atoms with Crippen LogP contribution in [0.25, 0.3) is 0 Å². The standard InChI is InChI=1S/C4H7N3/c1-3-7-4(5)6-2/h3H,1-2H2,(H2,5,7). The lowest BCUT2D eigenvalue weighted by atomic mass is 10.9. The molecule has 0 amide bonds. The van der Waals surface area contributed by atoms with Gasteiger partial charge in [0.05, 0.1) is 0 Å². The molecule has 0 aliphatic carbocycles. The largest absolute Gasteiger partial charge is 0.368 e. The number of nitrogens with zero attached hydrogens (tertiary/aromatic N) is 2. The van der Waals surface area contributed by atoms with Crippen LogP contribution in [0.15, 0.2) is 22.8 Å². The lowest BCUT2D eigenvalue weighted by Gasteiger charge is -1.80. The van der Waals surface area contributed by atoms with Crippen molar-refractivity contribution in [1.29, 1.82) is 0 Å². The van der Waals surface area contributed by atoms with Crippen molar-refractivity contribution < 1.29 is 0 Å². The van der Waals surface area contributed by atoms with E-state index in [1.807, 2.05) is 0 Å². The molecule has 3 heteroatoms. The van der Waals surface area contributed by atoms with Crippen molar-refractivity contribution in [3.05, 3.63) is 12.8 Å². The average Bonchev–Trinajstić information content (AvgIpc) is 1.68. The molecule has 0 saturated carbocycles. The average molecular weight is 97.1 g/mol. The van der Waals surface area contributed by atoms with Crippen LogP contribution in [0.5, 0.6) is 0 Å². The Morgan fingerprint density at radius 1 is 1.71 bits per heavy atom. The summed E-state index contributed by atoms with van der Waals surface area (Å²) in [4.78, 5) is 6.76. The number of nitrogens with two attached hydrogens (primary N) is 1. The molecule has 3 nitrogen and oxygen atoms in total.